The maximum Gasteiger partial charge on any atom is 0.341 e. The first-order chi connectivity index (χ1) is 6.59. The molecular formula is C9H7ClO4. The predicted octanol–water partition coefficient (Wildman–Crippen LogP) is 1.53. The van der Waals surface area contributed by atoms with Gasteiger partial charge in [-0.3, -0.25) is 4.79 Å². The van der Waals surface area contributed by atoms with Crippen LogP contribution in [0.4, 0.5) is 0 Å². The third-order valence-electron chi connectivity index (χ3n) is 1.42. The number of benzene rings is 1. The van der Waals surface area contributed by atoms with Gasteiger partial charge in [-0.25, -0.2) is 4.79 Å². The molecule has 74 valence electrons. The zero-order valence-corrected chi connectivity index (χ0v) is 7.82. The number of halogens is 1. The fourth-order valence-corrected chi connectivity index (χ4v) is 0.971. The molecule has 0 aliphatic heterocycles. The monoisotopic (exact) mass is 214 g/mol. The van der Waals surface area contributed by atoms with E-state index in [-0.39, 0.29) is 5.56 Å². The van der Waals surface area contributed by atoms with Crippen molar-refractivity contribution in [1.82, 2.24) is 0 Å². The van der Waals surface area contributed by atoms with Gasteiger partial charge in [0.05, 0.1) is 0 Å². The lowest BCUT2D eigenvalue weighted by atomic mass is 10.2. The minimum absolute atomic E-state index is 0.273. The number of carboxylic acids is 1. The zero-order valence-electron chi connectivity index (χ0n) is 7.07. The molecule has 0 fully saturated rings. The van der Waals surface area contributed by atoms with Gasteiger partial charge in [-0.1, -0.05) is 6.07 Å². The van der Waals surface area contributed by atoms with Gasteiger partial charge in [0.2, 0.25) is 0 Å². The van der Waals surface area contributed by atoms with Crippen molar-refractivity contribution in [3.63, 3.8) is 0 Å². The van der Waals surface area contributed by atoms with Crippen molar-refractivity contribution in [3.8, 4) is 5.75 Å². The number of carboxylic acid groups (broad SMARTS) is 1. The predicted molar refractivity (Wildman–Crippen MR) is 49.8 cm³/mol. The van der Waals surface area contributed by atoms with Crippen molar-refractivity contribution < 1.29 is 19.4 Å². The second-order valence-corrected chi connectivity index (χ2v) is 2.83. The number of ether oxygens (including phenoxy) is 1. The molecule has 1 rings (SSSR count). The number of aliphatic carboxylic acids is 1. The van der Waals surface area contributed by atoms with Gasteiger partial charge in [0, 0.05) is 5.56 Å². The number of rotatable bonds is 4. The van der Waals surface area contributed by atoms with Gasteiger partial charge < -0.3 is 9.84 Å². The molecule has 0 aliphatic rings. The molecule has 0 spiro atoms. The molecule has 0 bridgehead atoms. The Labute approximate surface area is 85.1 Å². The summed E-state index contributed by atoms with van der Waals surface area (Å²) in [5, 5.41) is 7.73. The minimum Gasteiger partial charge on any atom is -0.482 e. The Morgan fingerprint density at radius 1 is 1.43 bits per heavy atom. The number of hydrogen-bond acceptors (Lipinski definition) is 3. The summed E-state index contributed by atoms with van der Waals surface area (Å²) < 4.78 is 4.85. The van der Waals surface area contributed by atoms with Crippen LogP contribution in [0.1, 0.15) is 10.4 Å². The van der Waals surface area contributed by atoms with Crippen LogP contribution in [-0.2, 0) is 4.79 Å². The van der Waals surface area contributed by atoms with Crippen molar-refractivity contribution in [2.75, 3.05) is 6.61 Å². The Hall–Kier alpha value is -1.55. The molecular weight excluding hydrogens is 208 g/mol. The standard InChI is InChI=1S/C9H7ClO4/c10-9(13)6-2-1-3-7(4-6)14-5-8(11)12/h1-4H,5H2,(H,11,12). The SMILES string of the molecule is O=C(O)COc1cccc(C(=O)Cl)c1. The lowest BCUT2D eigenvalue weighted by Gasteiger charge is -2.03. The van der Waals surface area contributed by atoms with Crippen molar-refractivity contribution >= 4 is 22.8 Å². The van der Waals surface area contributed by atoms with E-state index in [1.807, 2.05) is 0 Å². The van der Waals surface area contributed by atoms with Gasteiger partial charge in [0.15, 0.2) is 6.61 Å². The summed E-state index contributed by atoms with van der Waals surface area (Å²) in [6, 6.07) is 6.01. The second kappa shape index (κ2) is 4.62. The van der Waals surface area contributed by atoms with Gasteiger partial charge in [0.1, 0.15) is 5.75 Å². The third kappa shape index (κ3) is 3.06. The largest absolute Gasteiger partial charge is 0.482 e. The van der Waals surface area contributed by atoms with Gasteiger partial charge >= 0.3 is 5.97 Å². The first kappa shape index (κ1) is 10.5. The Morgan fingerprint density at radius 3 is 2.71 bits per heavy atom. The summed E-state index contributed by atoms with van der Waals surface area (Å²) in [4.78, 5) is 20.9. The van der Waals surface area contributed by atoms with E-state index in [1.165, 1.54) is 12.1 Å². The molecule has 0 radical (unpaired) electrons. The van der Waals surface area contributed by atoms with E-state index in [0.717, 1.165) is 0 Å². The molecule has 0 saturated carbocycles. The van der Waals surface area contributed by atoms with Crippen molar-refractivity contribution in [2.45, 2.75) is 0 Å². The van der Waals surface area contributed by atoms with E-state index in [1.54, 1.807) is 12.1 Å². The normalized spacial score (nSPS) is 9.50. The molecule has 0 unspecified atom stereocenters. The summed E-state index contributed by atoms with van der Waals surface area (Å²) in [6.07, 6.45) is 0. The summed E-state index contributed by atoms with van der Waals surface area (Å²) in [5.74, 6) is -0.772. The number of carbonyl (C=O) groups excluding carboxylic acids is 1. The highest BCUT2D eigenvalue weighted by Gasteiger charge is 2.04. The van der Waals surface area contributed by atoms with E-state index in [2.05, 4.69) is 0 Å². The average Bonchev–Trinajstić information content (AvgIpc) is 2.15. The van der Waals surface area contributed by atoms with Gasteiger partial charge in [-0.2, -0.15) is 0 Å². The highest BCUT2D eigenvalue weighted by Crippen LogP contribution is 2.14. The van der Waals surface area contributed by atoms with Crippen LogP contribution in [0, 0.1) is 0 Å². The molecule has 1 aromatic carbocycles. The van der Waals surface area contributed by atoms with E-state index in [9.17, 15) is 9.59 Å². The van der Waals surface area contributed by atoms with Crippen LogP contribution in [0.3, 0.4) is 0 Å². The molecule has 0 saturated heterocycles. The van der Waals surface area contributed by atoms with Crippen molar-refractivity contribution in [2.24, 2.45) is 0 Å². The van der Waals surface area contributed by atoms with Gasteiger partial charge in [0.25, 0.3) is 5.24 Å². The Bertz CT molecular complexity index is 362. The fraction of sp³-hybridized carbons (Fsp3) is 0.111. The minimum atomic E-state index is -1.08. The van der Waals surface area contributed by atoms with Gasteiger partial charge in [-0.05, 0) is 29.8 Å². The molecule has 0 aliphatic carbocycles. The van der Waals surface area contributed by atoms with Crippen molar-refractivity contribution in [1.29, 1.82) is 0 Å². The second-order valence-electron chi connectivity index (χ2n) is 2.48. The van der Waals surface area contributed by atoms with Crippen LogP contribution in [0.5, 0.6) is 5.75 Å². The third-order valence-corrected chi connectivity index (χ3v) is 1.64. The highest BCUT2D eigenvalue weighted by atomic mass is 35.5. The maximum absolute atomic E-state index is 10.7. The number of carbonyl (C=O) groups is 2. The van der Waals surface area contributed by atoms with Crippen LogP contribution in [-0.4, -0.2) is 22.9 Å². The van der Waals surface area contributed by atoms with Crippen LogP contribution in [0.25, 0.3) is 0 Å². The molecule has 5 heteroatoms. The zero-order chi connectivity index (χ0) is 10.6. The highest BCUT2D eigenvalue weighted by molar-refractivity contribution is 6.67. The topological polar surface area (TPSA) is 63.6 Å². The van der Waals surface area contributed by atoms with Crippen LogP contribution in [0.15, 0.2) is 24.3 Å². The first-order valence-corrected chi connectivity index (χ1v) is 4.12. The molecule has 4 nitrogen and oxygen atoms in total. The fourth-order valence-electron chi connectivity index (χ4n) is 0.853. The van der Waals surface area contributed by atoms with E-state index < -0.39 is 17.8 Å². The average molecular weight is 215 g/mol. The van der Waals surface area contributed by atoms with Crippen LogP contribution >= 0.6 is 11.6 Å². The quantitative estimate of drug-likeness (QED) is 0.772. The Morgan fingerprint density at radius 2 is 2.14 bits per heavy atom. The summed E-state index contributed by atoms with van der Waals surface area (Å²) in [5.41, 5.74) is 0.273. The van der Waals surface area contributed by atoms with Crippen LogP contribution < -0.4 is 4.74 Å². The number of hydrogen-bond donors (Lipinski definition) is 1. The van der Waals surface area contributed by atoms with Crippen molar-refractivity contribution in [3.05, 3.63) is 29.8 Å². The van der Waals surface area contributed by atoms with Crippen LogP contribution in [0.2, 0.25) is 0 Å². The summed E-state index contributed by atoms with van der Waals surface area (Å²) in [7, 11) is 0. The maximum atomic E-state index is 10.7. The first-order valence-electron chi connectivity index (χ1n) is 3.74. The Kier molecular flexibility index (Phi) is 3.48. The van der Waals surface area contributed by atoms with E-state index in [0.29, 0.717) is 5.75 Å². The molecule has 14 heavy (non-hydrogen) atoms. The molecule has 1 aromatic rings. The Balaban J connectivity index is 2.73. The summed E-state index contributed by atoms with van der Waals surface area (Å²) in [6.45, 7) is -0.445. The summed E-state index contributed by atoms with van der Waals surface area (Å²) >= 11 is 5.23. The smallest absolute Gasteiger partial charge is 0.341 e. The molecule has 1 N–H and O–H groups in total. The van der Waals surface area contributed by atoms with E-state index in [4.69, 9.17) is 21.4 Å². The lowest BCUT2D eigenvalue weighted by molar-refractivity contribution is -0.139. The molecule has 0 heterocycles. The lowest BCUT2D eigenvalue weighted by Crippen LogP contribution is -2.09. The molecule has 0 amide bonds. The molecule has 0 aromatic heterocycles. The van der Waals surface area contributed by atoms with E-state index >= 15 is 0 Å². The molecule has 0 atom stereocenters. The van der Waals surface area contributed by atoms with Gasteiger partial charge in [-0.15, -0.1) is 0 Å².